The van der Waals surface area contributed by atoms with Crippen molar-refractivity contribution in [3.63, 3.8) is 0 Å². The first-order valence-electron chi connectivity index (χ1n) is 6.26. The van der Waals surface area contributed by atoms with Crippen LogP contribution in [-0.2, 0) is 20.2 Å². The highest BCUT2D eigenvalue weighted by molar-refractivity contribution is 7.86. The van der Waals surface area contributed by atoms with E-state index in [1.807, 2.05) is 0 Å². The first kappa shape index (κ1) is 16.7. The Morgan fingerprint density at radius 2 is 1.64 bits per heavy atom. The van der Waals surface area contributed by atoms with Gasteiger partial charge in [0.05, 0.1) is 12.4 Å². The molecule has 2 aromatic rings. The van der Waals surface area contributed by atoms with E-state index in [4.69, 9.17) is 9.29 Å². The summed E-state index contributed by atoms with van der Waals surface area (Å²) in [5.74, 6) is -0.571. The molecule has 0 heterocycles. The molecular weight excluding hydrogens is 332 g/mol. The molecule has 0 aromatic heterocycles. The number of hydrogen-bond acceptors (Lipinski definition) is 5. The molecule has 0 aliphatic heterocycles. The zero-order valence-corrected chi connectivity index (χ0v) is 13.0. The normalized spacial score (nSPS) is 12.5. The maximum Gasteiger partial charge on any atom is 0.298 e. The second-order valence-electron chi connectivity index (χ2n) is 4.58. The molecular formula is C13H14O7S2. The second kappa shape index (κ2) is 6.21. The summed E-state index contributed by atoms with van der Waals surface area (Å²) < 4.78 is 67.7. The third-order valence-electron chi connectivity index (χ3n) is 2.91. The quantitative estimate of drug-likeness (QED) is 0.604. The molecule has 2 rings (SSSR count). The molecule has 0 fully saturated rings. The Morgan fingerprint density at radius 1 is 0.955 bits per heavy atom. The van der Waals surface area contributed by atoms with E-state index in [1.54, 1.807) is 24.3 Å². The van der Waals surface area contributed by atoms with Crippen molar-refractivity contribution < 1.29 is 30.7 Å². The topological polar surface area (TPSA) is 118 Å². The summed E-state index contributed by atoms with van der Waals surface area (Å²) >= 11 is 0. The van der Waals surface area contributed by atoms with Crippen LogP contribution >= 0.6 is 0 Å². The molecule has 2 N–H and O–H groups in total. The lowest BCUT2D eigenvalue weighted by Crippen LogP contribution is -2.10. The van der Waals surface area contributed by atoms with Crippen LogP contribution in [-0.4, -0.2) is 38.3 Å². The van der Waals surface area contributed by atoms with E-state index >= 15 is 0 Å². The largest absolute Gasteiger partial charge is 0.492 e. The van der Waals surface area contributed by atoms with Gasteiger partial charge in [0.1, 0.15) is 10.6 Å². The number of hydrogen-bond donors (Lipinski definition) is 2. The molecule has 0 spiro atoms. The van der Waals surface area contributed by atoms with Crippen molar-refractivity contribution in [2.45, 2.75) is 11.3 Å². The fourth-order valence-electron chi connectivity index (χ4n) is 2.03. The van der Waals surface area contributed by atoms with E-state index in [-0.39, 0.29) is 23.7 Å². The van der Waals surface area contributed by atoms with Crippen molar-refractivity contribution in [3.8, 4) is 5.75 Å². The molecule has 0 bridgehead atoms. The minimum Gasteiger partial charge on any atom is -0.492 e. The Bertz CT molecular complexity index is 886. The summed E-state index contributed by atoms with van der Waals surface area (Å²) in [5, 5.41) is 0.915. The van der Waals surface area contributed by atoms with Crippen LogP contribution in [0, 0.1) is 0 Å². The number of benzene rings is 2. The Morgan fingerprint density at radius 3 is 2.27 bits per heavy atom. The van der Waals surface area contributed by atoms with Crippen LogP contribution in [0.5, 0.6) is 5.75 Å². The third-order valence-corrected chi connectivity index (χ3v) is 4.65. The van der Waals surface area contributed by atoms with Crippen molar-refractivity contribution in [2.75, 3.05) is 12.4 Å². The summed E-state index contributed by atoms with van der Waals surface area (Å²) in [7, 11) is -8.62. The fourth-order valence-corrected chi connectivity index (χ4v) is 3.35. The lowest BCUT2D eigenvalue weighted by atomic mass is 10.1. The minimum absolute atomic E-state index is 0.0173. The van der Waals surface area contributed by atoms with Gasteiger partial charge >= 0.3 is 0 Å². The van der Waals surface area contributed by atoms with Crippen molar-refractivity contribution in [1.29, 1.82) is 0 Å². The Labute approximate surface area is 128 Å². The van der Waals surface area contributed by atoms with Crippen LogP contribution in [0.4, 0.5) is 0 Å². The van der Waals surface area contributed by atoms with Gasteiger partial charge in [0.25, 0.3) is 20.2 Å². The molecule has 9 heteroatoms. The van der Waals surface area contributed by atoms with Gasteiger partial charge in [0, 0.05) is 5.39 Å². The predicted molar refractivity (Wildman–Crippen MR) is 80.3 cm³/mol. The van der Waals surface area contributed by atoms with Gasteiger partial charge in [-0.15, -0.1) is 0 Å². The van der Waals surface area contributed by atoms with Crippen LogP contribution in [0.2, 0.25) is 0 Å². The molecule has 120 valence electrons. The number of fused-ring (bicyclic) bond motifs is 1. The minimum atomic E-state index is -4.52. The molecule has 0 aliphatic rings. The Hall–Kier alpha value is -1.68. The highest BCUT2D eigenvalue weighted by Gasteiger charge is 2.20. The van der Waals surface area contributed by atoms with E-state index in [9.17, 15) is 21.4 Å². The van der Waals surface area contributed by atoms with Crippen molar-refractivity contribution in [1.82, 2.24) is 0 Å². The second-order valence-corrected chi connectivity index (χ2v) is 7.51. The van der Waals surface area contributed by atoms with Gasteiger partial charge in [0.2, 0.25) is 0 Å². The van der Waals surface area contributed by atoms with Crippen molar-refractivity contribution in [3.05, 3.63) is 36.4 Å². The van der Waals surface area contributed by atoms with Crippen LogP contribution in [0.1, 0.15) is 6.42 Å². The maximum absolute atomic E-state index is 11.6. The first-order valence-corrected chi connectivity index (χ1v) is 9.30. The Balaban J connectivity index is 2.34. The van der Waals surface area contributed by atoms with Gasteiger partial charge in [0.15, 0.2) is 0 Å². The zero-order chi connectivity index (χ0) is 16.4. The predicted octanol–water partition coefficient (Wildman–Crippen LogP) is 1.74. The number of rotatable bonds is 6. The highest BCUT2D eigenvalue weighted by Crippen LogP contribution is 2.32. The van der Waals surface area contributed by atoms with Crippen LogP contribution in [0.25, 0.3) is 10.8 Å². The number of ether oxygens (including phenoxy) is 1. The summed E-state index contributed by atoms with van der Waals surface area (Å²) in [5.41, 5.74) is 0. The molecule has 0 saturated carbocycles. The van der Waals surface area contributed by atoms with E-state index in [0.29, 0.717) is 10.8 Å². The molecule has 0 amide bonds. The summed E-state index contributed by atoms with van der Waals surface area (Å²) in [6.07, 6.45) is -0.0173. The summed E-state index contributed by atoms with van der Waals surface area (Å²) in [6, 6.07) is 9.58. The fraction of sp³-hybridized carbons (Fsp3) is 0.231. The standard InChI is InChI=1S/C13H14O7S2/c14-21(15,16)9-3-8-20-12-7-6-10-4-1-2-5-11(10)13(12)22(17,18)19/h1-2,4-7H,3,8-9H2,(H,14,15,16)(H,17,18,19). The van der Waals surface area contributed by atoms with Gasteiger partial charge in [-0.25, -0.2) is 0 Å². The van der Waals surface area contributed by atoms with E-state index in [2.05, 4.69) is 0 Å². The lowest BCUT2D eigenvalue weighted by molar-refractivity contribution is 0.307. The maximum atomic E-state index is 11.6. The van der Waals surface area contributed by atoms with E-state index in [0.717, 1.165) is 0 Å². The molecule has 2 aromatic carbocycles. The molecule has 0 atom stereocenters. The third kappa shape index (κ3) is 4.17. The molecule has 7 nitrogen and oxygen atoms in total. The molecule has 0 radical (unpaired) electrons. The van der Waals surface area contributed by atoms with Gasteiger partial charge < -0.3 is 4.74 Å². The smallest absolute Gasteiger partial charge is 0.298 e. The van der Waals surface area contributed by atoms with Gasteiger partial charge in [-0.1, -0.05) is 30.3 Å². The van der Waals surface area contributed by atoms with Gasteiger partial charge in [-0.05, 0) is 17.9 Å². The van der Waals surface area contributed by atoms with Gasteiger partial charge in [-0.3, -0.25) is 9.11 Å². The van der Waals surface area contributed by atoms with Crippen molar-refractivity contribution >= 4 is 31.0 Å². The van der Waals surface area contributed by atoms with E-state index in [1.165, 1.54) is 12.1 Å². The van der Waals surface area contributed by atoms with Crippen LogP contribution in [0.15, 0.2) is 41.3 Å². The zero-order valence-electron chi connectivity index (χ0n) is 11.3. The molecule has 22 heavy (non-hydrogen) atoms. The monoisotopic (exact) mass is 346 g/mol. The first-order chi connectivity index (χ1) is 10.2. The van der Waals surface area contributed by atoms with Gasteiger partial charge in [-0.2, -0.15) is 16.8 Å². The average molecular weight is 346 g/mol. The lowest BCUT2D eigenvalue weighted by Gasteiger charge is -2.12. The molecule has 0 unspecified atom stereocenters. The Kier molecular flexibility index (Phi) is 4.71. The highest BCUT2D eigenvalue weighted by atomic mass is 32.2. The molecule has 0 aliphatic carbocycles. The average Bonchev–Trinajstić information content (AvgIpc) is 2.40. The summed E-state index contributed by atoms with van der Waals surface area (Å²) in [6.45, 7) is -0.124. The summed E-state index contributed by atoms with van der Waals surface area (Å²) in [4.78, 5) is -0.363. The SMILES string of the molecule is O=S(=O)(O)CCCOc1ccc2ccccc2c1S(=O)(=O)O. The molecule has 0 saturated heterocycles. The van der Waals surface area contributed by atoms with Crippen molar-refractivity contribution in [2.24, 2.45) is 0 Å². The van der Waals surface area contributed by atoms with Crippen LogP contribution in [0.3, 0.4) is 0 Å². The van der Waals surface area contributed by atoms with E-state index < -0.39 is 26.0 Å². The van der Waals surface area contributed by atoms with Crippen LogP contribution < -0.4 is 4.74 Å².